The Labute approximate surface area is 214 Å². The van der Waals surface area contributed by atoms with Crippen LogP contribution < -0.4 is 15.2 Å². The number of benzene rings is 3. The van der Waals surface area contributed by atoms with Crippen molar-refractivity contribution in [3.8, 4) is 11.5 Å². The monoisotopic (exact) mass is 555 g/mol. The first-order valence-corrected chi connectivity index (χ1v) is 11.4. The predicted molar refractivity (Wildman–Crippen MR) is 134 cm³/mol. The van der Waals surface area contributed by atoms with Crippen molar-refractivity contribution in [1.29, 1.82) is 0 Å². The third-order valence-electron chi connectivity index (χ3n) is 5.30. The van der Waals surface area contributed by atoms with E-state index < -0.39 is 17.7 Å². The zero-order valence-corrected chi connectivity index (χ0v) is 20.9. The number of ether oxygens (including phenoxy) is 2. The van der Waals surface area contributed by atoms with Crippen molar-refractivity contribution in [2.24, 2.45) is 0 Å². The van der Waals surface area contributed by atoms with Crippen LogP contribution in [0.3, 0.4) is 0 Å². The molecule has 0 aliphatic heterocycles. The number of anilines is 1. The van der Waals surface area contributed by atoms with Crippen molar-refractivity contribution in [3.05, 3.63) is 86.4 Å². The van der Waals surface area contributed by atoms with Gasteiger partial charge in [-0.2, -0.15) is 0 Å². The highest BCUT2D eigenvalue weighted by atomic mass is 79.9. The normalized spacial score (nSPS) is 11.5. The molecule has 186 valence electrons. The minimum Gasteiger partial charge on any atom is -0.493 e. The number of carbonyl (C=O) groups excluding carboxylic acids is 2. The molecule has 0 atom stereocenters. The van der Waals surface area contributed by atoms with Crippen molar-refractivity contribution >= 4 is 45.1 Å². The van der Waals surface area contributed by atoms with Gasteiger partial charge < -0.3 is 25.4 Å². The van der Waals surface area contributed by atoms with Crippen LogP contribution in [0.15, 0.2) is 53.0 Å². The van der Waals surface area contributed by atoms with Crippen LogP contribution in [0.2, 0.25) is 0 Å². The quantitative estimate of drug-likeness (QED) is 0.296. The number of carboxylic acid groups (broad SMARTS) is 2. The molecule has 3 aromatic rings. The summed E-state index contributed by atoms with van der Waals surface area (Å²) in [6.07, 6.45) is -0.0111. The van der Waals surface area contributed by atoms with E-state index in [0.29, 0.717) is 23.7 Å². The molecule has 1 aliphatic rings. The van der Waals surface area contributed by atoms with Gasteiger partial charge in [-0.05, 0) is 46.6 Å². The number of nitrogen functional groups attached to an aromatic ring is 1. The smallest absolute Gasteiger partial charge is 0.337 e. The van der Waals surface area contributed by atoms with E-state index in [9.17, 15) is 19.2 Å². The minimum atomic E-state index is -1.25. The van der Waals surface area contributed by atoms with Crippen LogP contribution >= 0.6 is 15.9 Å². The third kappa shape index (κ3) is 5.23. The average molecular weight is 556 g/mol. The second-order valence-corrected chi connectivity index (χ2v) is 8.42. The lowest BCUT2D eigenvalue weighted by molar-refractivity contribution is -0.136. The third-order valence-corrected chi connectivity index (χ3v) is 5.93. The van der Waals surface area contributed by atoms with Crippen molar-refractivity contribution in [2.45, 2.75) is 13.3 Å². The Kier molecular flexibility index (Phi) is 8.11. The maximum absolute atomic E-state index is 12.6. The lowest BCUT2D eigenvalue weighted by Crippen LogP contribution is -2.24. The van der Waals surface area contributed by atoms with Crippen LogP contribution in [0.4, 0.5) is 5.69 Å². The zero-order chi connectivity index (χ0) is 26.6. The van der Waals surface area contributed by atoms with Gasteiger partial charge in [-0.25, -0.2) is 4.79 Å². The number of aliphatic carboxylic acids is 1. The molecule has 1 aliphatic carbocycles. The summed E-state index contributed by atoms with van der Waals surface area (Å²) in [5.41, 5.74) is 6.70. The first-order valence-electron chi connectivity index (χ1n) is 10.7. The molecule has 0 spiro atoms. The highest BCUT2D eigenvalue weighted by Crippen LogP contribution is 2.37. The Morgan fingerprint density at radius 1 is 0.944 bits per heavy atom. The molecule has 0 saturated carbocycles. The van der Waals surface area contributed by atoms with Gasteiger partial charge in [0.1, 0.15) is 0 Å². The summed E-state index contributed by atoms with van der Waals surface area (Å²) in [5, 5.41) is 17.8. The van der Waals surface area contributed by atoms with Gasteiger partial charge in [0, 0.05) is 15.6 Å². The second kappa shape index (κ2) is 11.0. The maximum Gasteiger partial charge on any atom is 0.337 e. The molecule has 0 aromatic heterocycles. The number of ketones is 2. The van der Waals surface area contributed by atoms with E-state index >= 15 is 0 Å². The van der Waals surface area contributed by atoms with Crippen molar-refractivity contribution < 1.29 is 38.9 Å². The summed E-state index contributed by atoms with van der Waals surface area (Å²) >= 11 is 3.16. The molecule has 36 heavy (non-hydrogen) atoms. The average Bonchev–Trinajstić information content (AvgIpc) is 2.84. The number of hydrogen-bond acceptors (Lipinski definition) is 7. The summed E-state index contributed by atoms with van der Waals surface area (Å²) < 4.78 is 10.7. The Bertz CT molecular complexity index is 1380. The largest absolute Gasteiger partial charge is 0.493 e. The van der Waals surface area contributed by atoms with Crippen LogP contribution in [-0.4, -0.2) is 47.4 Å². The number of halogens is 1. The Morgan fingerprint density at radius 2 is 1.56 bits per heavy atom. The first-order chi connectivity index (χ1) is 17.1. The van der Waals surface area contributed by atoms with E-state index in [1.165, 1.54) is 19.2 Å². The van der Waals surface area contributed by atoms with E-state index in [2.05, 4.69) is 15.9 Å². The molecule has 4 N–H and O–H groups in total. The summed E-state index contributed by atoms with van der Waals surface area (Å²) in [4.78, 5) is 46.8. The fraction of sp³-hybridized carbons (Fsp3) is 0.154. The number of methoxy groups -OCH3 is 1. The number of rotatable bonds is 6. The molecule has 0 bridgehead atoms. The minimum absolute atomic E-state index is 0.0111. The van der Waals surface area contributed by atoms with Gasteiger partial charge in [0.25, 0.3) is 0 Å². The molecule has 0 radical (unpaired) electrons. The van der Waals surface area contributed by atoms with Crippen LogP contribution in [0.5, 0.6) is 11.5 Å². The Morgan fingerprint density at radius 3 is 2.08 bits per heavy atom. The molecule has 9 nitrogen and oxygen atoms in total. The highest BCUT2D eigenvalue weighted by Gasteiger charge is 2.34. The molecule has 0 saturated heterocycles. The van der Waals surface area contributed by atoms with Gasteiger partial charge in [-0.15, -0.1) is 0 Å². The fourth-order valence-electron chi connectivity index (χ4n) is 3.72. The van der Waals surface area contributed by atoms with Gasteiger partial charge in [-0.3, -0.25) is 14.4 Å². The number of hydrogen-bond donors (Lipinski definition) is 3. The van der Waals surface area contributed by atoms with Gasteiger partial charge in [-0.1, -0.05) is 30.3 Å². The van der Waals surface area contributed by atoms with Gasteiger partial charge in [0.05, 0.1) is 42.5 Å². The molecular formula is C26H22BrNO8. The number of aromatic carboxylic acids is 1. The lowest BCUT2D eigenvalue weighted by atomic mass is 9.82. The summed E-state index contributed by atoms with van der Waals surface area (Å²) in [5.74, 6) is -1.71. The van der Waals surface area contributed by atoms with Crippen molar-refractivity contribution in [1.82, 2.24) is 0 Å². The molecule has 3 aromatic carbocycles. The Hall–Kier alpha value is -4.18. The summed E-state index contributed by atoms with van der Waals surface area (Å²) in [6, 6.07) is 12.8. The van der Waals surface area contributed by atoms with E-state index in [0.717, 1.165) is 0 Å². The fourth-order valence-corrected chi connectivity index (χ4v) is 4.33. The number of nitrogens with two attached hydrogens (primary N) is 1. The van der Waals surface area contributed by atoms with Crippen molar-refractivity contribution in [3.63, 3.8) is 0 Å². The molecule has 10 heteroatoms. The van der Waals surface area contributed by atoms with E-state index in [4.69, 9.17) is 25.4 Å². The SMILES string of the molecule is CCOc1ccc(CC(=O)O)cc1OC.Nc1c(C(=O)O)cc(Br)c2c1C(=O)c1ccccc1C2=O. The zero-order valence-electron chi connectivity index (χ0n) is 19.3. The van der Waals surface area contributed by atoms with Gasteiger partial charge >= 0.3 is 11.9 Å². The topological polar surface area (TPSA) is 153 Å². The summed E-state index contributed by atoms with van der Waals surface area (Å²) in [6.45, 7) is 2.43. The maximum atomic E-state index is 12.6. The van der Waals surface area contributed by atoms with Crippen LogP contribution in [0.1, 0.15) is 54.7 Å². The van der Waals surface area contributed by atoms with Gasteiger partial charge in [0.2, 0.25) is 0 Å². The van der Waals surface area contributed by atoms with Crippen LogP contribution in [0.25, 0.3) is 0 Å². The molecular weight excluding hydrogens is 534 g/mol. The number of carboxylic acids is 2. The lowest BCUT2D eigenvalue weighted by Gasteiger charge is -2.21. The molecule has 0 fully saturated rings. The standard InChI is InChI=1S/C15H8BrNO4.C11H14O4/c16-9-5-8(15(20)21)12(17)11-10(9)13(18)6-3-1-2-4-7(6)14(11)19;1-3-15-9-5-4-8(7-11(12)13)6-10(9)14-2/h1-5H,17H2,(H,20,21);4-6H,3,7H2,1-2H3,(H,12,13). The van der Waals surface area contributed by atoms with Crippen LogP contribution in [0, 0.1) is 0 Å². The number of carbonyl (C=O) groups is 4. The predicted octanol–water partition coefficient (Wildman–Crippen LogP) is 4.23. The molecule has 4 rings (SSSR count). The number of fused-ring (bicyclic) bond motifs is 2. The van der Waals surface area contributed by atoms with Gasteiger partial charge in [0.15, 0.2) is 23.1 Å². The Balaban J connectivity index is 0.000000214. The molecule has 0 amide bonds. The second-order valence-electron chi connectivity index (χ2n) is 7.57. The molecule has 0 unspecified atom stereocenters. The van der Waals surface area contributed by atoms with E-state index in [1.54, 1.807) is 36.4 Å². The van der Waals surface area contributed by atoms with E-state index in [-0.39, 0.29) is 50.2 Å². The first kappa shape index (κ1) is 26.4. The summed E-state index contributed by atoms with van der Waals surface area (Å²) in [7, 11) is 1.53. The molecule has 0 heterocycles. The van der Waals surface area contributed by atoms with Crippen molar-refractivity contribution in [2.75, 3.05) is 19.5 Å². The highest BCUT2D eigenvalue weighted by molar-refractivity contribution is 9.10. The van der Waals surface area contributed by atoms with Crippen LogP contribution in [-0.2, 0) is 11.2 Å². The van der Waals surface area contributed by atoms with E-state index in [1.807, 2.05) is 6.92 Å².